The van der Waals surface area contributed by atoms with Crippen LogP contribution in [-0.2, 0) is 15.8 Å². The molecule has 0 heterocycles. The Kier molecular flexibility index (Phi) is 8.31. The van der Waals surface area contributed by atoms with Crippen LogP contribution < -0.4 is 21.3 Å². The topological polar surface area (TPSA) is 99.3 Å². The van der Waals surface area contributed by atoms with Crippen molar-refractivity contribution < 1.29 is 27.6 Å². The van der Waals surface area contributed by atoms with E-state index in [4.69, 9.17) is 0 Å². The van der Waals surface area contributed by atoms with Crippen molar-refractivity contribution in [3.63, 3.8) is 0 Å². The van der Waals surface area contributed by atoms with Crippen LogP contribution in [0.1, 0.15) is 29.8 Å². The van der Waals surface area contributed by atoms with Crippen LogP contribution in [-0.4, -0.2) is 24.3 Å². The maximum atomic E-state index is 12.9. The molecule has 4 N–H and O–H groups in total. The molecule has 0 saturated heterocycles. The van der Waals surface area contributed by atoms with Crippen molar-refractivity contribution in [2.24, 2.45) is 5.92 Å². The van der Waals surface area contributed by atoms with Gasteiger partial charge in [0, 0.05) is 34.2 Å². The summed E-state index contributed by atoms with van der Waals surface area (Å²) in [5, 5.41) is 10.8. The number of nitrogens with one attached hydrogen (secondary N) is 4. The molecule has 0 saturated carbocycles. The van der Waals surface area contributed by atoms with Gasteiger partial charge in [0.1, 0.15) is 0 Å². The first-order valence-corrected chi connectivity index (χ1v) is 11.0. The predicted octanol–water partition coefficient (Wildman–Crippen LogP) is 5.60. The minimum absolute atomic E-state index is 0.0133. The van der Waals surface area contributed by atoms with Gasteiger partial charge in [0.2, 0.25) is 11.8 Å². The van der Waals surface area contributed by atoms with Crippen molar-refractivity contribution in [1.29, 1.82) is 0 Å². The molecular weight excluding hydrogens is 473 g/mol. The number of amides is 3. The molecule has 0 bridgehead atoms. The minimum Gasteiger partial charge on any atom is -0.376 e. The van der Waals surface area contributed by atoms with Gasteiger partial charge < -0.3 is 21.3 Å². The lowest BCUT2D eigenvalue weighted by Gasteiger charge is -2.12. The molecule has 0 aromatic heterocycles. The largest absolute Gasteiger partial charge is 0.416 e. The number of carbonyl (C=O) groups excluding carboxylic acids is 3. The molecule has 0 aliphatic carbocycles. The van der Waals surface area contributed by atoms with Crippen molar-refractivity contribution in [3.8, 4) is 0 Å². The van der Waals surface area contributed by atoms with E-state index in [-0.39, 0.29) is 35.5 Å². The lowest BCUT2D eigenvalue weighted by molar-refractivity contribution is -0.137. The van der Waals surface area contributed by atoms with E-state index in [0.29, 0.717) is 17.1 Å². The van der Waals surface area contributed by atoms with Crippen LogP contribution in [0.4, 0.5) is 35.9 Å². The highest BCUT2D eigenvalue weighted by molar-refractivity contribution is 6.05. The molecule has 0 spiro atoms. The van der Waals surface area contributed by atoms with Gasteiger partial charge in [0.25, 0.3) is 5.91 Å². The average molecular weight is 499 g/mol. The number of rotatable bonds is 8. The van der Waals surface area contributed by atoms with E-state index < -0.39 is 17.6 Å². The lowest BCUT2D eigenvalue weighted by atomic mass is 10.1. The third-order valence-electron chi connectivity index (χ3n) is 4.96. The van der Waals surface area contributed by atoms with Gasteiger partial charge in [0.05, 0.1) is 12.1 Å². The Hall–Kier alpha value is -4.34. The van der Waals surface area contributed by atoms with Gasteiger partial charge in [-0.2, -0.15) is 13.2 Å². The Labute approximate surface area is 206 Å². The number of carbonyl (C=O) groups is 3. The van der Waals surface area contributed by atoms with Crippen molar-refractivity contribution in [2.45, 2.75) is 20.0 Å². The smallest absolute Gasteiger partial charge is 0.376 e. The third kappa shape index (κ3) is 7.59. The van der Waals surface area contributed by atoms with Crippen LogP contribution in [0.25, 0.3) is 0 Å². The first kappa shape index (κ1) is 26.3. The second kappa shape index (κ2) is 11.4. The monoisotopic (exact) mass is 498 g/mol. The summed E-state index contributed by atoms with van der Waals surface area (Å²) in [6.07, 6.45) is -4.52. The first-order valence-electron chi connectivity index (χ1n) is 11.0. The molecule has 0 aliphatic rings. The Morgan fingerprint density at radius 2 is 1.33 bits per heavy atom. The van der Waals surface area contributed by atoms with E-state index in [1.807, 2.05) is 0 Å². The van der Waals surface area contributed by atoms with Gasteiger partial charge in [-0.15, -0.1) is 0 Å². The fourth-order valence-corrected chi connectivity index (χ4v) is 3.10. The molecule has 0 radical (unpaired) electrons. The van der Waals surface area contributed by atoms with Gasteiger partial charge in [-0.05, 0) is 54.6 Å². The third-order valence-corrected chi connectivity index (χ3v) is 4.96. The summed E-state index contributed by atoms with van der Waals surface area (Å²) in [5.41, 5.74) is 0.872. The molecule has 10 heteroatoms. The average Bonchev–Trinajstić information content (AvgIpc) is 2.83. The molecule has 0 atom stereocenters. The first-order chi connectivity index (χ1) is 17.0. The Bertz CT molecular complexity index is 1260. The van der Waals surface area contributed by atoms with E-state index >= 15 is 0 Å². The quantitative estimate of drug-likeness (QED) is 0.325. The number of hydrogen-bond acceptors (Lipinski definition) is 4. The minimum atomic E-state index is -4.52. The summed E-state index contributed by atoms with van der Waals surface area (Å²) < 4.78 is 38.7. The van der Waals surface area contributed by atoms with Crippen molar-refractivity contribution in [3.05, 3.63) is 83.9 Å². The molecule has 0 aliphatic heterocycles. The lowest BCUT2D eigenvalue weighted by Crippen LogP contribution is -2.22. The Morgan fingerprint density at radius 1 is 0.750 bits per heavy atom. The van der Waals surface area contributed by atoms with Gasteiger partial charge in [0.15, 0.2) is 0 Å². The molecule has 3 aromatic rings. The molecule has 36 heavy (non-hydrogen) atoms. The van der Waals surface area contributed by atoms with Gasteiger partial charge >= 0.3 is 6.18 Å². The fourth-order valence-electron chi connectivity index (χ4n) is 3.10. The molecule has 3 rings (SSSR count). The van der Waals surface area contributed by atoms with E-state index in [2.05, 4.69) is 21.3 Å². The van der Waals surface area contributed by atoms with Crippen molar-refractivity contribution in [1.82, 2.24) is 0 Å². The normalized spacial score (nSPS) is 11.1. The van der Waals surface area contributed by atoms with Crippen LogP contribution in [0.2, 0.25) is 0 Å². The fraction of sp³-hybridized carbons (Fsp3) is 0.192. The summed E-state index contributed by atoms with van der Waals surface area (Å²) >= 11 is 0. The van der Waals surface area contributed by atoms with Crippen LogP contribution in [0.3, 0.4) is 0 Å². The zero-order valence-corrected chi connectivity index (χ0v) is 19.6. The summed E-state index contributed by atoms with van der Waals surface area (Å²) in [7, 11) is 0. The van der Waals surface area contributed by atoms with E-state index in [0.717, 1.165) is 12.1 Å². The van der Waals surface area contributed by atoms with Crippen molar-refractivity contribution >= 4 is 40.5 Å². The Balaban J connectivity index is 1.57. The highest BCUT2D eigenvalue weighted by atomic mass is 19.4. The van der Waals surface area contributed by atoms with Crippen LogP contribution in [0, 0.1) is 5.92 Å². The molecule has 3 amide bonds. The molecular formula is C26H25F3N4O3. The highest BCUT2D eigenvalue weighted by Gasteiger charge is 2.30. The second-order valence-electron chi connectivity index (χ2n) is 8.24. The predicted molar refractivity (Wildman–Crippen MR) is 133 cm³/mol. The van der Waals surface area contributed by atoms with Gasteiger partial charge in [-0.3, -0.25) is 14.4 Å². The summed E-state index contributed by atoms with van der Waals surface area (Å²) in [6.45, 7) is 3.44. The number of hydrogen-bond donors (Lipinski definition) is 4. The number of anilines is 4. The van der Waals surface area contributed by atoms with E-state index in [9.17, 15) is 27.6 Å². The van der Waals surface area contributed by atoms with Crippen LogP contribution in [0.5, 0.6) is 0 Å². The van der Waals surface area contributed by atoms with Gasteiger partial charge in [-0.25, -0.2) is 0 Å². The summed E-state index contributed by atoms with van der Waals surface area (Å²) in [6, 6.07) is 17.3. The van der Waals surface area contributed by atoms with Crippen LogP contribution >= 0.6 is 0 Å². The standard InChI is InChI=1S/C26H25F3N4O3/c1-16(2)24(35)32-22-11-5-10-21(14-22)31-23(34)15-30-19-8-3-6-17(12-19)25(36)33-20-9-4-7-18(13-20)26(27,28)29/h3-14,16,30H,15H2,1-2H3,(H,31,34)(H,32,35)(H,33,36). The molecule has 7 nitrogen and oxygen atoms in total. The SMILES string of the molecule is CC(C)C(=O)Nc1cccc(NC(=O)CNc2cccc(C(=O)Nc3cccc(C(F)(F)F)c3)c2)c1. The van der Waals surface area contributed by atoms with Crippen LogP contribution in [0.15, 0.2) is 72.8 Å². The molecule has 0 unspecified atom stereocenters. The summed E-state index contributed by atoms with van der Waals surface area (Å²) in [5.74, 6) is -1.28. The molecule has 3 aromatic carbocycles. The van der Waals surface area contributed by atoms with E-state index in [1.165, 1.54) is 24.3 Å². The zero-order chi connectivity index (χ0) is 26.3. The zero-order valence-electron chi connectivity index (χ0n) is 19.6. The maximum absolute atomic E-state index is 12.9. The second-order valence-corrected chi connectivity index (χ2v) is 8.24. The number of halogens is 3. The number of alkyl halides is 3. The molecule has 188 valence electrons. The molecule has 0 fully saturated rings. The van der Waals surface area contributed by atoms with Crippen molar-refractivity contribution in [2.75, 3.05) is 27.8 Å². The Morgan fingerprint density at radius 3 is 2.00 bits per heavy atom. The summed E-state index contributed by atoms with van der Waals surface area (Å²) in [4.78, 5) is 36.8. The highest BCUT2D eigenvalue weighted by Crippen LogP contribution is 2.30. The van der Waals surface area contributed by atoms with E-state index in [1.54, 1.807) is 50.2 Å². The number of benzene rings is 3. The maximum Gasteiger partial charge on any atom is 0.416 e. The van der Waals surface area contributed by atoms with Gasteiger partial charge in [-0.1, -0.05) is 32.0 Å².